The number of carboxylic acid groups (broad SMARTS) is 1. The van der Waals surface area contributed by atoms with Gasteiger partial charge in [-0.15, -0.1) is 22.7 Å². The van der Waals surface area contributed by atoms with Crippen molar-refractivity contribution in [3.05, 3.63) is 43.9 Å². The quantitative estimate of drug-likeness (QED) is 0.830. The van der Waals surface area contributed by atoms with Crippen molar-refractivity contribution in [1.29, 1.82) is 0 Å². The first-order valence-electron chi connectivity index (χ1n) is 5.54. The number of halogens is 1. The number of rotatable bonds is 4. The zero-order chi connectivity index (χ0) is 14.7. The zero-order valence-corrected chi connectivity index (χ0v) is 12.7. The fraction of sp³-hybridized carbons (Fsp3) is 0.0769. The number of carboxylic acids is 1. The van der Waals surface area contributed by atoms with Crippen molar-refractivity contribution >= 4 is 57.2 Å². The van der Waals surface area contributed by atoms with Crippen LogP contribution in [0.25, 0.3) is 6.08 Å². The van der Waals surface area contributed by atoms with Gasteiger partial charge in [0.25, 0.3) is 0 Å². The Morgan fingerprint density at radius 2 is 2.10 bits per heavy atom. The van der Waals surface area contributed by atoms with Crippen molar-refractivity contribution in [3.8, 4) is 0 Å². The number of carbonyl (C=O) groups excluding carboxylic acids is 1. The number of carbonyl (C=O) groups is 2. The van der Waals surface area contributed by atoms with Crippen LogP contribution in [-0.4, -0.2) is 17.0 Å². The van der Waals surface area contributed by atoms with Gasteiger partial charge in [-0.05, 0) is 31.2 Å². The Kier molecular flexibility index (Phi) is 4.59. The average molecular weight is 328 g/mol. The number of amides is 1. The zero-order valence-electron chi connectivity index (χ0n) is 10.3. The maximum atomic E-state index is 11.8. The molecule has 0 unspecified atom stereocenters. The first-order valence-corrected chi connectivity index (χ1v) is 7.55. The smallest absolute Gasteiger partial charge is 0.338 e. The molecule has 0 aromatic carbocycles. The molecule has 2 aromatic heterocycles. The Balaban J connectivity index is 2.08. The monoisotopic (exact) mass is 327 g/mol. The van der Waals surface area contributed by atoms with Crippen molar-refractivity contribution in [2.24, 2.45) is 0 Å². The third-order valence-corrected chi connectivity index (χ3v) is 4.48. The summed E-state index contributed by atoms with van der Waals surface area (Å²) in [4.78, 5) is 24.5. The van der Waals surface area contributed by atoms with Crippen LogP contribution in [0, 0.1) is 6.92 Å². The first kappa shape index (κ1) is 14.8. The van der Waals surface area contributed by atoms with Crippen LogP contribution >= 0.6 is 34.3 Å². The maximum absolute atomic E-state index is 11.8. The topological polar surface area (TPSA) is 66.4 Å². The highest BCUT2D eigenvalue weighted by atomic mass is 35.5. The predicted octanol–water partition coefficient (Wildman–Crippen LogP) is 4.12. The van der Waals surface area contributed by atoms with Crippen molar-refractivity contribution in [3.63, 3.8) is 0 Å². The Labute approximate surface area is 128 Å². The van der Waals surface area contributed by atoms with Gasteiger partial charge >= 0.3 is 5.97 Å². The number of aryl methyl sites for hydroxylation is 1. The van der Waals surface area contributed by atoms with E-state index >= 15 is 0 Å². The molecule has 0 fully saturated rings. The minimum Gasteiger partial charge on any atom is -0.478 e. The second kappa shape index (κ2) is 6.21. The van der Waals surface area contributed by atoms with Gasteiger partial charge in [-0.25, -0.2) is 4.79 Å². The summed E-state index contributed by atoms with van der Waals surface area (Å²) in [5.41, 5.74) is 0.105. The Hall–Kier alpha value is -1.63. The molecule has 1 amide bonds. The lowest BCUT2D eigenvalue weighted by molar-refractivity contribution is -0.111. The SMILES string of the molecule is Cc1cc(C(=O)O)c(NC(=O)C=Cc2ccc(Cl)s2)s1. The molecule has 0 spiro atoms. The van der Waals surface area contributed by atoms with E-state index in [-0.39, 0.29) is 11.5 Å². The van der Waals surface area contributed by atoms with E-state index in [1.165, 1.54) is 34.8 Å². The van der Waals surface area contributed by atoms with Crippen LogP contribution in [0.4, 0.5) is 5.00 Å². The Morgan fingerprint density at radius 1 is 1.35 bits per heavy atom. The van der Waals surface area contributed by atoms with E-state index in [0.29, 0.717) is 9.34 Å². The molecule has 4 nitrogen and oxygen atoms in total. The minimum atomic E-state index is -1.06. The summed E-state index contributed by atoms with van der Waals surface area (Å²) in [5.74, 6) is -1.43. The normalized spacial score (nSPS) is 10.9. The summed E-state index contributed by atoms with van der Waals surface area (Å²) in [6.45, 7) is 1.79. The molecule has 0 saturated heterocycles. The molecular weight excluding hydrogens is 318 g/mol. The van der Waals surface area contributed by atoms with E-state index in [9.17, 15) is 9.59 Å². The van der Waals surface area contributed by atoms with Gasteiger partial charge in [0.15, 0.2) is 0 Å². The fourth-order valence-corrected chi connectivity index (χ4v) is 3.37. The van der Waals surface area contributed by atoms with Gasteiger partial charge < -0.3 is 10.4 Å². The molecule has 0 bridgehead atoms. The molecule has 2 heterocycles. The summed E-state index contributed by atoms with van der Waals surface area (Å²) in [5, 5.41) is 11.9. The van der Waals surface area contributed by atoms with Crippen LogP contribution in [0.15, 0.2) is 24.3 Å². The van der Waals surface area contributed by atoms with Crippen molar-refractivity contribution in [2.45, 2.75) is 6.92 Å². The summed E-state index contributed by atoms with van der Waals surface area (Å²) in [7, 11) is 0. The summed E-state index contributed by atoms with van der Waals surface area (Å²) < 4.78 is 0.645. The third-order valence-electron chi connectivity index (χ3n) is 2.32. The van der Waals surface area contributed by atoms with E-state index in [4.69, 9.17) is 16.7 Å². The molecule has 2 rings (SSSR count). The molecule has 0 saturated carbocycles. The van der Waals surface area contributed by atoms with Crippen LogP contribution in [0.3, 0.4) is 0 Å². The lowest BCUT2D eigenvalue weighted by atomic mass is 10.3. The molecule has 0 aliphatic heterocycles. The fourth-order valence-electron chi connectivity index (χ4n) is 1.50. The predicted molar refractivity (Wildman–Crippen MR) is 83.0 cm³/mol. The molecule has 2 aromatic rings. The summed E-state index contributed by atoms with van der Waals surface area (Å²) in [6, 6.07) is 5.08. The van der Waals surface area contributed by atoms with E-state index in [0.717, 1.165) is 9.75 Å². The summed E-state index contributed by atoms with van der Waals surface area (Å²) >= 11 is 8.37. The molecule has 2 N–H and O–H groups in total. The molecular formula is C13H10ClNO3S2. The second-order valence-corrected chi connectivity index (χ2v) is 6.87. The molecule has 0 aliphatic carbocycles. The van der Waals surface area contributed by atoms with Gasteiger partial charge in [-0.1, -0.05) is 11.6 Å². The number of nitrogens with one attached hydrogen (secondary N) is 1. The highest BCUT2D eigenvalue weighted by molar-refractivity contribution is 7.17. The highest BCUT2D eigenvalue weighted by Gasteiger charge is 2.14. The van der Waals surface area contributed by atoms with Crippen LogP contribution < -0.4 is 5.32 Å². The van der Waals surface area contributed by atoms with E-state index in [2.05, 4.69) is 5.32 Å². The Morgan fingerprint density at radius 3 is 2.70 bits per heavy atom. The van der Waals surface area contributed by atoms with Crippen LogP contribution in [0.2, 0.25) is 4.34 Å². The van der Waals surface area contributed by atoms with E-state index in [1.54, 1.807) is 25.1 Å². The van der Waals surface area contributed by atoms with Gasteiger partial charge in [-0.2, -0.15) is 0 Å². The number of hydrogen-bond acceptors (Lipinski definition) is 4. The Bertz CT molecular complexity index is 688. The minimum absolute atomic E-state index is 0.105. The van der Waals surface area contributed by atoms with Crippen molar-refractivity contribution in [1.82, 2.24) is 0 Å². The second-order valence-electron chi connectivity index (χ2n) is 3.87. The standard InChI is InChI=1S/C13H10ClNO3S2/c1-7-6-9(13(17)18)12(19-7)15-11(16)5-3-8-2-4-10(14)20-8/h2-6H,1H3,(H,15,16)(H,17,18). The molecule has 0 atom stereocenters. The molecule has 0 radical (unpaired) electrons. The average Bonchev–Trinajstić information content (AvgIpc) is 2.93. The van der Waals surface area contributed by atoms with Crippen LogP contribution in [0.1, 0.15) is 20.1 Å². The lowest BCUT2D eigenvalue weighted by Gasteiger charge is -1.99. The molecule has 104 valence electrons. The van der Waals surface area contributed by atoms with Crippen molar-refractivity contribution < 1.29 is 14.7 Å². The highest BCUT2D eigenvalue weighted by Crippen LogP contribution is 2.27. The largest absolute Gasteiger partial charge is 0.478 e. The van der Waals surface area contributed by atoms with Crippen LogP contribution in [0.5, 0.6) is 0 Å². The number of hydrogen-bond donors (Lipinski definition) is 2. The number of anilines is 1. The summed E-state index contributed by atoms with van der Waals surface area (Å²) in [6.07, 6.45) is 2.98. The van der Waals surface area contributed by atoms with Gasteiger partial charge in [0.2, 0.25) is 5.91 Å². The number of aromatic carboxylic acids is 1. The third kappa shape index (κ3) is 3.69. The molecule has 7 heteroatoms. The first-order chi connectivity index (χ1) is 9.45. The van der Waals surface area contributed by atoms with Crippen LogP contribution in [-0.2, 0) is 4.79 Å². The van der Waals surface area contributed by atoms with Gasteiger partial charge in [0.1, 0.15) is 5.00 Å². The van der Waals surface area contributed by atoms with Gasteiger partial charge in [-0.3, -0.25) is 4.79 Å². The van der Waals surface area contributed by atoms with E-state index < -0.39 is 5.97 Å². The molecule has 20 heavy (non-hydrogen) atoms. The van der Waals surface area contributed by atoms with Crippen molar-refractivity contribution in [2.75, 3.05) is 5.32 Å². The van der Waals surface area contributed by atoms with Gasteiger partial charge in [0, 0.05) is 15.8 Å². The molecule has 0 aliphatic rings. The maximum Gasteiger partial charge on any atom is 0.338 e. The van der Waals surface area contributed by atoms with E-state index in [1.807, 2.05) is 0 Å². The number of thiophene rings is 2. The van der Waals surface area contributed by atoms with Gasteiger partial charge in [0.05, 0.1) is 9.90 Å². The lowest BCUT2D eigenvalue weighted by Crippen LogP contribution is -2.09.